The molecular formula is C16H18N2O2. The van der Waals surface area contributed by atoms with Crippen LogP contribution >= 0.6 is 0 Å². The van der Waals surface area contributed by atoms with Crippen molar-refractivity contribution in [3.05, 3.63) is 52.9 Å². The maximum absolute atomic E-state index is 5.46. The molecule has 1 aromatic heterocycles. The van der Waals surface area contributed by atoms with E-state index in [0.717, 1.165) is 35.6 Å². The summed E-state index contributed by atoms with van der Waals surface area (Å²) in [5, 5.41) is 8.34. The van der Waals surface area contributed by atoms with Crippen molar-refractivity contribution >= 4 is 5.71 Å². The third-order valence-electron chi connectivity index (χ3n) is 3.67. The molecule has 0 saturated carbocycles. The van der Waals surface area contributed by atoms with Gasteiger partial charge in [-0.25, -0.2) is 0 Å². The summed E-state index contributed by atoms with van der Waals surface area (Å²) in [7, 11) is 0. The van der Waals surface area contributed by atoms with E-state index in [4.69, 9.17) is 9.36 Å². The normalized spacial score (nSPS) is 19.9. The highest BCUT2D eigenvalue weighted by molar-refractivity contribution is 6.03. The Kier molecular flexibility index (Phi) is 3.54. The van der Waals surface area contributed by atoms with Gasteiger partial charge in [-0.15, -0.1) is 0 Å². The lowest BCUT2D eigenvalue weighted by molar-refractivity contribution is 0.158. The van der Waals surface area contributed by atoms with E-state index in [9.17, 15) is 0 Å². The number of oxime groups is 1. The van der Waals surface area contributed by atoms with Crippen LogP contribution in [0.1, 0.15) is 41.8 Å². The minimum absolute atomic E-state index is 0.371. The minimum Gasteiger partial charge on any atom is -0.396 e. The zero-order valence-electron chi connectivity index (χ0n) is 11.8. The molecule has 4 heteroatoms. The molecule has 1 aliphatic carbocycles. The van der Waals surface area contributed by atoms with E-state index in [1.165, 1.54) is 5.56 Å². The van der Waals surface area contributed by atoms with Crippen molar-refractivity contribution in [2.45, 2.75) is 32.6 Å². The highest BCUT2D eigenvalue weighted by atomic mass is 16.6. The van der Waals surface area contributed by atoms with Gasteiger partial charge in [0.15, 0.2) is 0 Å². The molecule has 0 saturated heterocycles. The first-order valence-corrected chi connectivity index (χ1v) is 6.99. The molecule has 1 atom stereocenters. The third-order valence-corrected chi connectivity index (χ3v) is 3.67. The Balaban J connectivity index is 1.97. The highest BCUT2D eigenvalue weighted by Crippen LogP contribution is 2.34. The van der Waals surface area contributed by atoms with Crippen molar-refractivity contribution in [2.75, 3.05) is 6.61 Å². The van der Waals surface area contributed by atoms with Gasteiger partial charge in [-0.3, -0.25) is 0 Å². The average molecular weight is 270 g/mol. The molecule has 3 rings (SSSR count). The molecule has 1 unspecified atom stereocenters. The van der Waals surface area contributed by atoms with Crippen LogP contribution in [0.25, 0.3) is 0 Å². The predicted molar refractivity (Wildman–Crippen MR) is 76.9 cm³/mol. The van der Waals surface area contributed by atoms with Gasteiger partial charge in [0.2, 0.25) is 0 Å². The fourth-order valence-electron chi connectivity index (χ4n) is 2.74. The molecule has 4 nitrogen and oxygen atoms in total. The van der Waals surface area contributed by atoms with Gasteiger partial charge in [0.25, 0.3) is 0 Å². The van der Waals surface area contributed by atoms with Crippen LogP contribution in [0.15, 0.2) is 40.0 Å². The van der Waals surface area contributed by atoms with Gasteiger partial charge in [-0.05, 0) is 25.3 Å². The Morgan fingerprint density at radius 2 is 2.10 bits per heavy atom. The van der Waals surface area contributed by atoms with E-state index in [0.29, 0.717) is 12.5 Å². The molecule has 0 aliphatic heterocycles. The second-order valence-electron chi connectivity index (χ2n) is 5.04. The maximum atomic E-state index is 5.46. The molecule has 1 aliphatic rings. The number of nitrogens with zero attached hydrogens (tertiary/aromatic N) is 2. The van der Waals surface area contributed by atoms with Crippen molar-refractivity contribution < 1.29 is 9.36 Å². The van der Waals surface area contributed by atoms with Gasteiger partial charge in [-0.1, -0.05) is 40.6 Å². The molecule has 0 spiro atoms. The van der Waals surface area contributed by atoms with Crippen LogP contribution < -0.4 is 0 Å². The van der Waals surface area contributed by atoms with Crippen LogP contribution in [-0.4, -0.2) is 17.5 Å². The van der Waals surface area contributed by atoms with E-state index >= 15 is 0 Å². The lowest BCUT2D eigenvalue weighted by Crippen LogP contribution is -2.19. The van der Waals surface area contributed by atoms with Crippen molar-refractivity contribution in [1.29, 1.82) is 0 Å². The molecule has 104 valence electrons. The molecule has 0 fully saturated rings. The predicted octanol–water partition coefficient (Wildman–Crippen LogP) is 3.45. The number of aromatic nitrogens is 1. The van der Waals surface area contributed by atoms with E-state index in [1.54, 1.807) is 0 Å². The van der Waals surface area contributed by atoms with Crippen molar-refractivity contribution in [2.24, 2.45) is 5.16 Å². The summed E-state index contributed by atoms with van der Waals surface area (Å²) in [4.78, 5) is 5.26. The van der Waals surface area contributed by atoms with Gasteiger partial charge in [0.1, 0.15) is 12.4 Å². The largest absolute Gasteiger partial charge is 0.396 e. The quantitative estimate of drug-likeness (QED) is 0.802. The van der Waals surface area contributed by atoms with Crippen LogP contribution in [0.3, 0.4) is 0 Å². The van der Waals surface area contributed by atoms with Crippen molar-refractivity contribution in [3.63, 3.8) is 0 Å². The summed E-state index contributed by atoms with van der Waals surface area (Å²) in [6.07, 6.45) is 1.73. The van der Waals surface area contributed by atoms with Crippen LogP contribution in [0.4, 0.5) is 0 Å². The second-order valence-corrected chi connectivity index (χ2v) is 5.04. The number of benzene rings is 1. The van der Waals surface area contributed by atoms with Crippen LogP contribution in [0, 0.1) is 6.92 Å². The van der Waals surface area contributed by atoms with Gasteiger partial charge < -0.3 is 9.36 Å². The van der Waals surface area contributed by atoms with Crippen LogP contribution in [0.5, 0.6) is 0 Å². The Morgan fingerprint density at radius 3 is 2.85 bits per heavy atom. The summed E-state index contributed by atoms with van der Waals surface area (Å²) < 4.78 is 5.46. The minimum atomic E-state index is 0.371. The first-order chi connectivity index (χ1) is 9.79. The standard InChI is InChI=1S/C16H18N2O2/c1-3-19-18-14-9-13(12-7-5-4-6-8-12)10-15-16(14)11(2)17-20-15/h4-8,13H,3,9-10H2,1-2H3/b18-14-. The topological polar surface area (TPSA) is 47.6 Å². The van der Waals surface area contributed by atoms with E-state index in [-0.39, 0.29) is 0 Å². The molecule has 20 heavy (non-hydrogen) atoms. The first-order valence-electron chi connectivity index (χ1n) is 6.99. The second kappa shape index (κ2) is 5.49. The van der Waals surface area contributed by atoms with Crippen molar-refractivity contribution in [3.8, 4) is 0 Å². The SMILES string of the molecule is CCO/N=C1/CC(c2ccccc2)Cc2onc(C)c21. The van der Waals surface area contributed by atoms with Gasteiger partial charge in [0.05, 0.1) is 17.0 Å². The first kappa shape index (κ1) is 12.9. The fourth-order valence-corrected chi connectivity index (χ4v) is 2.74. The number of fused-ring (bicyclic) bond motifs is 1. The molecule has 1 aromatic carbocycles. The molecule has 0 N–H and O–H groups in total. The average Bonchev–Trinajstić information content (AvgIpc) is 2.87. The molecule has 0 bridgehead atoms. The monoisotopic (exact) mass is 270 g/mol. The van der Waals surface area contributed by atoms with Crippen molar-refractivity contribution in [1.82, 2.24) is 5.16 Å². The summed E-state index contributed by atoms with van der Waals surface area (Å²) in [5.74, 6) is 1.29. The lowest BCUT2D eigenvalue weighted by atomic mass is 9.82. The summed E-state index contributed by atoms with van der Waals surface area (Å²) in [6.45, 7) is 4.45. The van der Waals surface area contributed by atoms with E-state index in [2.05, 4.69) is 34.6 Å². The van der Waals surface area contributed by atoms with E-state index < -0.39 is 0 Å². The van der Waals surface area contributed by atoms with E-state index in [1.807, 2.05) is 19.9 Å². The van der Waals surface area contributed by atoms with Gasteiger partial charge >= 0.3 is 0 Å². The van der Waals surface area contributed by atoms with Crippen LogP contribution in [-0.2, 0) is 11.3 Å². The summed E-state index contributed by atoms with van der Waals surface area (Å²) in [6, 6.07) is 10.5. The number of hydrogen-bond acceptors (Lipinski definition) is 4. The van der Waals surface area contributed by atoms with Gasteiger partial charge in [0, 0.05) is 12.8 Å². The zero-order valence-corrected chi connectivity index (χ0v) is 11.8. The molecule has 1 heterocycles. The Morgan fingerprint density at radius 1 is 1.30 bits per heavy atom. The van der Waals surface area contributed by atoms with Crippen LogP contribution in [0.2, 0.25) is 0 Å². The summed E-state index contributed by atoms with van der Waals surface area (Å²) in [5.41, 5.74) is 4.17. The Hall–Kier alpha value is -2.10. The van der Waals surface area contributed by atoms with Gasteiger partial charge in [-0.2, -0.15) is 0 Å². The molecule has 0 amide bonds. The number of hydrogen-bond donors (Lipinski definition) is 0. The number of rotatable bonds is 3. The third kappa shape index (κ3) is 2.33. The Labute approximate surface area is 118 Å². The zero-order chi connectivity index (χ0) is 13.9. The molecular weight excluding hydrogens is 252 g/mol. The smallest absolute Gasteiger partial charge is 0.146 e. The molecule has 2 aromatic rings. The number of aryl methyl sites for hydroxylation is 1. The maximum Gasteiger partial charge on any atom is 0.146 e. The molecule has 0 radical (unpaired) electrons. The highest BCUT2D eigenvalue weighted by Gasteiger charge is 2.30. The lowest BCUT2D eigenvalue weighted by Gasteiger charge is -2.22. The summed E-state index contributed by atoms with van der Waals surface area (Å²) >= 11 is 0. The fraction of sp³-hybridized carbons (Fsp3) is 0.375. The Bertz CT molecular complexity index is 617.